The second-order valence-electron chi connectivity index (χ2n) is 3.75. The average molecular weight is 242 g/mol. The Morgan fingerprint density at radius 1 is 1.24 bits per heavy atom. The molecule has 90 valence electrons. The van der Waals surface area contributed by atoms with E-state index in [9.17, 15) is 18.0 Å². The first-order valence-corrected chi connectivity index (χ1v) is 4.95. The minimum atomic E-state index is -4.38. The number of hydrogen-bond donors (Lipinski definition) is 1. The molecular formula is C11H9F3N2O. The van der Waals surface area contributed by atoms with E-state index in [1.807, 2.05) is 0 Å². The lowest BCUT2D eigenvalue weighted by Crippen LogP contribution is -2.22. The molecule has 1 aromatic heterocycles. The molecule has 1 aromatic carbocycles. The Morgan fingerprint density at radius 3 is 2.41 bits per heavy atom. The molecule has 0 saturated carbocycles. The molecule has 0 radical (unpaired) electrons. The van der Waals surface area contributed by atoms with Crippen molar-refractivity contribution >= 4 is 10.8 Å². The van der Waals surface area contributed by atoms with Crippen molar-refractivity contribution in [3.05, 3.63) is 40.3 Å². The number of H-pyrrole nitrogens is 1. The molecule has 2 aromatic rings. The van der Waals surface area contributed by atoms with Crippen molar-refractivity contribution in [2.24, 2.45) is 0 Å². The molecule has 1 atom stereocenters. The molecule has 0 amide bonds. The molecule has 0 saturated heterocycles. The second kappa shape index (κ2) is 3.87. The number of benzene rings is 1. The maximum Gasteiger partial charge on any atom is 0.397 e. The van der Waals surface area contributed by atoms with Gasteiger partial charge in [0.05, 0.1) is 17.0 Å². The van der Waals surface area contributed by atoms with Gasteiger partial charge in [-0.25, -0.2) is 5.10 Å². The topological polar surface area (TPSA) is 45.8 Å². The van der Waals surface area contributed by atoms with Gasteiger partial charge in [-0.3, -0.25) is 4.79 Å². The van der Waals surface area contributed by atoms with Gasteiger partial charge in [-0.2, -0.15) is 18.3 Å². The number of fused-ring (bicyclic) bond motifs is 1. The van der Waals surface area contributed by atoms with Gasteiger partial charge in [-0.1, -0.05) is 18.2 Å². The number of nitrogens with one attached hydrogen (secondary N) is 1. The Labute approximate surface area is 94.3 Å². The number of halogens is 3. The Morgan fingerprint density at radius 2 is 1.82 bits per heavy atom. The average Bonchev–Trinajstić information content (AvgIpc) is 2.28. The van der Waals surface area contributed by atoms with Crippen molar-refractivity contribution in [3.63, 3.8) is 0 Å². The van der Waals surface area contributed by atoms with E-state index in [0.29, 0.717) is 0 Å². The number of nitrogens with zero attached hydrogens (tertiary/aromatic N) is 1. The molecule has 0 fully saturated rings. The summed E-state index contributed by atoms with van der Waals surface area (Å²) in [4.78, 5) is 11.4. The third-order valence-electron chi connectivity index (χ3n) is 2.63. The summed E-state index contributed by atoms with van der Waals surface area (Å²) >= 11 is 0. The van der Waals surface area contributed by atoms with Crippen LogP contribution in [0.2, 0.25) is 0 Å². The van der Waals surface area contributed by atoms with E-state index < -0.39 is 17.7 Å². The Hall–Kier alpha value is -1.85. The first-order chi connectivity index (χ1) is 7.91. The summed E-state index contributed by atoms with van der Waals surface area (Å²) < 4.78 is 37.9. The summed E-state index contributed by atoms with van der Waals surface area (Å²) in [6.07, 6.45) is -4.38. The highest BCUT2D eigenvalue weighted by Gasteiger charge is 2.39. The monoisotopic (exact) mass is 242 g/mol. The highest BCUT2D eigenvalue weighted by Crippen LogP contribution is 2.35. The number of aromatic amines is 1. The molecule has 0 spiro atoms. The third-order valence-corrected chi connectivity index (χ3v) is 2.63. The van der Waals surface area contributed by atoms with Crippen molar-refractivity contribution in [1.29, 1.82) is 0 Å². The molecular weight excluding hydrogens is 233 g/mol. The van der Waals surface area contributed by atoms with Gasteiger partial charge in [0, 0.05) is 5.39 Å². The van der Waals surface area contributed by atoms with Crippen molar-refractivity contribution in [2.45, 2.75) is 19.0 Å². The fourth-order valence-electron chi connectivity index (χ4n) is 1.62. The van der Waals surface area contributed by atoms with Crippen LogP contribution in [0.25, 0.3) is 10.8 Å². The summed E-state index contributed by atoms with van der Waals surface area (Å²) in [6, 6.07) is 6.12. The highest BCUT2D eigenvalue weighted by molar-refractivity contribution is 5.83. The van der Waals surface area contributed by atoms with Gasteiger partial charge in [0.2, 0.25) is 0 Å². The van der Waals surface area contributed by atoms with Crippen molar-refractivity contribution < 1.29 is 13.2 Å². The first kappa shape index (κ1) is 11.6. The van der Waals surface area contributed by atoms with Gasteiger partial charge in [-0.15, -0.1) is 0 Å². The smallest absolute Gasteiger partial charge is 0.267 e. The minimum Gasteiger partial charge on any atom is -0.267 e. The van der Waals surface area contributed by atoms with E-state index in [0.717, 1.165) is 6.92 Å². The van der Waals surface area contributed by atoms with E-state index in [4.69, 9.17) is 0 Å². The molecule has 1 heterocycles. The molecule has 3 nitrogen and oxygen atoms in total. The van der Waals surface area contributed by atoms with E-state index in [1.165, 1.54) is 12.1 Å². The molecule has 17 heavy (non-hydrogen) atoms. The third kappa shape index (κ3) is 2.02. The molecule has 1 unspecified atom stereocenters. The predicted octanol–water partition coefficient (Wildman–Crippen LogP) is 2.59. The van der Waals surface area contributed by atoms with E-state index in [2.05, 4.69) is 10.2 Å². The number of aromatic nitrogens is 2. The minimum absolute atomic E-state index is 0.160. The summed E-state index contributed by atoms with van der Waals surface area (Å²) in [5.74, 6) is -1.72. The van der Waals surface area contributed by atoms with Crippen LogP contribution in [0.3, 0.4) is 0 Å². The van der Waals surface area contributed by atoms with Crippen molar-refractivity contribution in [2.75, 3.05) is 0 Å². The molecule has 0 bridgehead atoms. The molecule has 0 aliphatic carbocycles. The summed E-state index contributed by atoms with van der Waals surface area (Å²) in [6.45, 7) is 1.02. The largest absolute Gasteiger partial charge is 0.397 e. The lowest BCUT2D eigenvalue weighted by atomic mass is 10.0. The maximum atomic E-state index is 12.6. The Kier molecular flexibility index (Phi) is 2.65. The number of rotatable bonds is 1. The zero-order chi connectivity index (χ0) is 12.6. The van der Waals surface area contributed by atoms with Crippen LogP contribution < -0.4 is 5.56 Å². The van der Waals surface area contributed by atoms with E-state index >= 15 is 0 Å². The lowest BCUT2D eigenvalue weighted by Gasteiger charge is -2.15. The molecule has 0 aliphatic rings. The van der Waals surface area contributed by atoms with Gasteiger partial charge in [-0.05, 0) is 13.0 Å². The summed E-state index contributed by atoms with van der Waals surface area (Å²) in [7, 11) is 0. The number of hydrogen-bond acceptors (Lipinski definition) is 2. The van der Waals surface area contributed by atoms with Gasteiger partial charge in [0.25, 0.3) is 5.56 Å². The molecule has 0 aliphatic heterocycles. The van der Waals surface area contributed by atoms with Crippen molar-refractivity contribution in [3.8, 4) is 0 Å². The fourth-order valence-corrected chi connectivity index (χ4v) is 1.62. The Balaban J connectivity index is 2.72. The normalized spacial score (nSPS) is 13.9. The van der Waals surface area contributed by atoms with Gasteiger partial charge in [0.15, 0.2) is 0 Å². The summed E-state index contributed by atoms with van der Waals surface area (Å²) in [5.41, 5.74) is -0.647. The predicted molar refractivity (Wildman–Crippen MR) is 56.8 cm³/mol. The van der Waals surface area contributed by atoms with Crippen LogP contribution in [-0.2, 0) is 0 Å². The molecule has 2 rings (SSSR count). The van der Waals surface area contributed by atoms with Gasteiger partial charge < -0.3 is 0 Å². The van der Waals surface area contributed by atoms with Crippen LogP contribution in [0.4, 0.5) is 13.2 Å². The fraction of sp³-hybridized carbons (Fsp3) is 0.273. The van der Waals surface area contributed by atoms with Crippen molar-refractivity contribution in [1.82, 2.24) is 10.2 Å². The van der Waals surface area contributed by atoms with Crippen LogP contribution >= 0.6 is 0 Å². The van der Waals surface area contributed by atoms with Crippen LogP contribution in [-0.4, -0.2) is 16.4 Å². The quantitative estimate of drug-likeness (QED) is 0.835. The SMILES string of the molecule is CC(c1n[nH]c(=O)c2ccccc12)C(F)(F)F. The standard InChI is InChI=1S/C11H9F3N2O/c1-6(11(12,13)14)9-7-4-2-3-5-8(7)10(17)16-15-9/h2-6H,1H3,(H,16,17). The lowest BCUT2D eigenvalue weighted by molar-refractivity contribution is -0.146. The Bertz CT molecular complexity index is 603. The number of alkyl halides is 3. The molecule has 1 N–H and O–H groups in total. The van der Waals surface area contributed by atoms with Gasteiger partial charge >= 0.3 is 6.18 Å². The van der Waals surface area contributed by atoms with E-state index in [-0.39, 0.29) is 16.5 Å². The first-order valence-electron chi connectivity index (χ1n) is 4.95. The second-order valence-corrected chi connectivity index (χ2v) is 3.75. The van der Waals surface area contributed by atoms with Crippen LogP contribution in [0.15, 0.2) is 29.1 Å². The van der Waals surface area contributed by atoms with Gasteiger partial charge in [0.1, 0.15) is 0 Å². The molecule has 6 heteroatoms. The highest BCUT2D eigenvalue weighted by atomic mass is 19.4. The van der Waals surface area contributed by atoms with Crippen LogP contribution in [0.5, 0.6) is 0 Å². The summed E-state index contributed by atoms with van der Waals surface area (Å²) in [5, 5.41) is 6.06. The van der Waals surface area contributed by atoms with Crippen LogP contribution in [0.1, 0.15) is 18.5 Å². The van der Waals surface area contributed by atoms with Crippen LogP contribution in [0, 0.1) is 0 Å². The van der Waals surface area contributed by atoms with E-state index in [1.54, 1.807) is 12.1 Å². The zero-order valence-corrected chi connectivity index (χ0v) is 8.88. The zero-order valence-electron chi connectivity index (χ0n) is 8.88. The maximum absolute atomic E-state index is 12.6.